The number of carbonyl (C=O) groups is 3. The van der Waals surface area contributed by atoms with Gasteiger partial charge in [0.2, 0.25) is 11.8 Å². The first-order valence-electron chi connectivity index (χ1n) is 8.54. The predicted molar refractivity (Wildman–Crippen MR) is 87.4 cm³/mol. The van der Waals surface area contributed by atoms with Crippen molar-refractivity contribution >= 4 is 17.8 Å². The molecule has 0 spiro atoms. The second-order valence-electron chi connectivity index (χ2n) is 7.91. The average molecular weight is 340 g/mol. The molecule has 7 nitrogen and oxygen atoms in total. The summed E-state index contributed by atoms with van der Waals surface area (Å²) in [6.07, 6.45) is 0.895. The van der Waals surface area contributed by atoms with Crippen molar-refractivity contribution in [1.29, 1.82) is 0 Å². The summed E-state index contributed by atoms with van der Waals surface area (Å²) in [7, 11) is 0. The van der Waals surface area contributed by atoms with Crippen LogP contribution in [0.1, 0.15) is 40.0 Å². The molecular weight excluding hydrogens is 312 g/mol. The molecular formula is C17H28N2O5. The van der Waals surface area contributed by atoms with E-state index in [1.54, 1.807) is 9.80 Å². The number of carboxylic acids is 1. The molecule has 0 saturated carbocycles. The van der Waals surface area contributed by atoms with E-state index < -0.39 is 11.4 Å². The van der Waals surface area contributed by atoms with E-state index >= 15 is 0 Å². The second-order valence-corrected chi connectivity index (χ2v) is 7.91. The summed E-state index contributed by atoms with van der Waals surface area (Å²) in [6.45, 7) is 8.37. The van der Waals surface area contributed by atoms with Crippen LogP contribution in [0.15, 0.2) is 0 Å². The second kappa shape index (κ2) is 7.09. The molecule has 0 atom stereocenters. The number of hydrogen-bond acceptors (Lipinski definition) is 4. The van der Waals surface area contributed by atoms with E-state index in [4.69, 9.17) is 4.74 Å². The van der Waals surface area contributed by atoms with E-state index in [-0.39, 0.29) is 30.1 Å². The monoisotopic (exact) mass is 340 g/mol. The Morgan fingerprint density at radius 3 is 1.96 bits per heavy atom. The highest BCUT2D eigenvalue weighted by Gasteiger charge is 2.49. The Hall–Kier alpha value is -1.63. The van der Waals surface area contributed by atoms with Crippen molar-refractivity contribution in [2.45, 2.75) is 40.0 Å². The van der Waals surface area contributed by atoms with Crippen LogP contribution in [-0.2, 0) is 19.1 Å². The summed E-state index contributed by atoms with van der Waals surface area (Å²) in [4.78, 5) is 40.2. The first-order chi connectivity index (χ1) is 11.2. The zero-order valence-corrected chi connectivity index (χ0v) is 14.8. The van der Waals surface area contributed by atoms with Gasteiger partial charge in [0.15, 0.2) is 5.41 Å². The molecule has 0 aliphatic carbocycles. The molecule has 0 aromatic rings. The molecule has 24 heavy (non-hydrogen) atoms. The minimum absolute atomic E-state index is 0.0699. The molecule has 2 amide bonds. The Kier molecular flexibility index (Phi) is 5.52. The average Bonchev–Trinajstić information content (AvgIpc) is 2.53. The molecule has 0 unspecified atom stereocenters. The Bertz CT molecular complexity index is 498. The molecule has 0 aromatic carbocycles. The first kappa shape index (κ1) is 18.7. The minimum Gasteiger partial charge on any atom is -0.480 e. The lowest BCUT2D eigenvalue weighted by Crippen LogP contribution is -2.57. The van der Waals surface area contributed by atoms with E-state index in [2.05, 4.69) is 0 Å². The molecule has 1 N–H and O–H groups in total. The van der Waals surface area contributed by atoms with Crippen LogP contribution in [0.5, 0.6) is 0 Å². The van der Waals surface area contributed by atoms with Gasteiger partial charge in [0, 0.05) is 45.8 Å². The summed E-state index contributed by atoms with van der Waals surface area (Å²) >= 11 is 0. The Morgan fingerprint density at radius 1 is 1.00 bits per heavy atom. The number of carboxylic acid groups (broad SMARTS) is 1. The number of aliphatic carboxylic acids is 1. The summed E-state index contributed by atoms with van der Waals surface area (Å²) in [5.74, 6) is -1.31. The molecule has 2 saturated heterocycles. The summed E-state index contributed by atoms with van der Waals surface area (Å²) in [5.41, 5.74) is -1.44. The number of ether oxygens (including phenoxy) is 1. The van der Waals surface area contributed by atoms with Gasteiger partial charge in [-0.25, -0.2) is 0 Å². The molecule has 2 heterocycles. The maximum absolute atomic E-state index is 12.8. The van der Waals surface area contributed by atoms with Crippen molar-refractivity contribution in [2.75, 3.05) is 39.4 Å². The van der Waals surface area contributed by atoms with Crippen LogP contribution in [0, 0.1) is 10.8 Å². The highest BCUT2D eigenvalue weighted by atomic mass is 16.5. The molecule has 0 radical (unpaired) electrons. The quantitative estimate of drug-likeness (QED) is 0.774. The highest BCUT2D eigenvalue weighted by molar-refractivity contribution is 6.02. The van der Waals surface area contributed by atoms with E-state index in [1.165, 1.54) is 0 Å². The first-order valence-corrected chi connectivity index (χ1v) is 8.54. The summed E-state index contributed by atoms with van der Waals surface area (Å²) < 4.78 is 5.22. The van der Waals surface area contributed by atoms with E-state index in [1.807, 2.05) is 20.8 Å². The molecule has 2 aliphatic heterocycles. The van der Waals surface area contributed by atoms with Crippen molar-refractivity contribution in [2.24, 2.45) is 10.8 Å². The zero-order chi connectivity index (χ0) is 18.0. The molecule has 136 valence electrons. The Morgan fingerprint density at radius 2 is 1.50 bits per heavy atom. The van der Waals surface area contributed by atoms with E-state index in [0.29, 0.717) is 45.8 Å². The van der Waals surface area contributed by atoms with E-state index in [9.17, 15) is 19.5 Å². The third-order valence-electron chi connectivity index (χ3n) is 4.77. The topological polar surface area (TPSA) is 87.2 Å². The fraction of sp³-hybridized carbons (Fsp3) is 0.824. The smallest absolute Gasteiger partial charge is 0.319 e. The molecule has 0 bridgehead atoms. The predicted octanol–water partition coefficient (Wildman–Crippen LogP) is 0.975. The molecule has 2 rings (SSSR count). The largest absolute Gasteiger partial charge is 0.480 e. The van der Waals surface area contributed by atoms with Crippen LogP contribution in [0.3, 0.4) is 0 Å². The normalized spacial score (nSPS) is 21.5. The Balaban J connectivity index is 1.97. The number of nitrogens with zero attached hydrogens (tertiary/aromatic N) is 2. The fourth-order valence-corrected chi connectivity index (χ4v) is 3.27. The molecule has 2 aliphatic rings. The standard InChI is InChI=1S/C17H28N2O5/c1-16(2,3)12-13(20)18-6-8-19(9-7-18)14(21)17(15(22)23)4-10-24-11-5-17/h4-12H2,1-3H3,(H,22,23). The number of carbonyl (C=O) groups excluding carboxylic acids is 2. The number of amides is 2. The SMILES string of the molecule is CC(C)(C)CC(=O)N1CCN(C(=O)C2(C(=O)O)CCOCC2)CC1. The van der Waals surface area contributed by atoms with Gasteiger partial charge in [0.25, 0.3) is 0 Å². The summed E-state index contributed by atoms with van der Waals surface area (Å²) in [5, 5.41) is 9.59. The zero-order valence-electron chi connectivity index (χ0n) is 14.8. The number of piperazine rings is 1. The van der Waals surface area contributed by atoms with Gasteiger partial charge in [-0.05, 0) is 18.3 Å². The molecule has 2 fully saturated rings. The van der Waals surface area contributed by atoms with Crippen LogP contribution in [-0.4, -0.2) is 72.1 Å². The van der Waals surface area contributed by atoms with Crippen molar-refractivity contribution < 1.29 is 24.2 Å². The Labute approximate surface area is 142 Å². The van der Waals surface area contributed by atoms with E-state index in [0.717, 1.165) is 0 Å². The van der Waals surface area contributed by atoms with Crippen LogP contribution in [0.2, 0.25) is 0 Å². The van der Waals surface area contributed by atoms with Crippen LogP contribution in [0.25, 0.3) is 0 Å². The van der Waals surface area contributed by atoms with Gasteiger partial charge >= 0.3 is 5.97 Å². The van der Waals surface area contributed by atoms with Gasteiger partial charge in [0.1, 0.15) is 0 Å². The molecule has 0 aromatic heterocycles. The van der Waals surface area contributed by atoms with Crippen LogP contribution < -0.4 is 0 Å². The maximum atomic E-state index is 12.8. The van der Waals surface area contributed by atoms with Crippen molar-refractivity contribution in [3.63, 3.8) is 0 Å². The lowest BCUT2D eigenvalue weighted by atomic mass is 9.78. The van der Waals surface area contributed by atoms with Gasteiger partial charge in [-0.1, -0.05) is 20.8 Å². The lowest BCUT2D eigenvalue weighted by molar-refractivity contribution is -0.169. The van der Waals surface area contributed by atoms with Crippen molar-refractivity contribution in [3.05, 3.63) is 0 Å². The number of hydrogen-bond donors (Lipinski definition) is 1. The van der Waals surface area contributed by atoms with Crippen molar-refractivity contribution in [1.82, 2.24) is 9.80 Å². The molecule has 7 heteroatoms. The maximum Gasteiger partial charge on any atom is 0.319 e. The fourth-order valence-electron chi connectivity index (χ4n) is 3.27. The van der Waals surface area contributed by atoms with Gasteiger partial charge in [0.05, 0.1) is 0 Å². The summed E-state index contributed by atoms with van der Waals surface area (Å²) in [6, 6.07) is 0. The third kappa shape index (κ3) is 4.06. The van der Waals surface area contributed by atoms with Crippen LogP contribution >= 0.6 is 0 Å². The van der Waals surface area contributed by atoms with Gasteiger partial charge in [-0.15, -0.1) is 0 Å². The van der Waals surface area contributed by atoms with Gasteiger partial charge in [-0.2, -0.15) is 0 Å². The minimum atomic E-state index is -1.37. The van der Waals surface area contributed by atoms with Gasteiger partial charge < -0.3 is 19.6 Å². The van der Waals surface area contributed by atoms with Crippen molar-refractivity contribution in [3.8, 4) is 0 Å². The third-order valence-corrected chi connectivity index (χ3v) is 4.77. The van der Waals surface area contributed by atoms with Gasteiger partial charge in [-0.3, -0.25) is 14.4 Å². The number of rotatable bonds is 3. The highest BCUT2D eigenvalue weighted by Crippen LogP contribution is 2.33. The van der Waals surface area contributed by atoms with Crippen LogP contribution in [0.4, 0.5) is 0 Å². The lowest BCUT2D eigenvalue weighted by Gasteiger charge is -2.41.